The zero-order valence-corrected chi connectivity index (χ0v) is 8.87. The Hall–Kier alpha value is -1.22. The SMILES string of the molecule is CNC(C)Cc1c(O)cccc1OC. The van der Waals surface area contributed by atoms with E-state index in [1.165, 1.54) is 0 Å². The van der Waals surface area contributed by atoms with Gasteiger partial charge in [-0.25, -0.2) is 0 Å². The Balaban J connectivity index is 2.92. The molecule has 0 saturated heterocycles. The van der Waals surface area contributed by atoms with E-state index in [1.54, 1.807) is 19.2 Å². The Labute approximate surface area is 84.7 Å². The molecule has 1 rings (SSSR count). The van der Waals surface area contributed by atoms with Gasteiger partial charge in [0.15, 0.2) is 0 Å². The molecule has 3 nitrogen and oxygen atoms in total. The molecule has 0 fully saturated rings. The number of rotatable bonds is 4. The zero-order chi connectivity index (χ0) is 10.6. The molecule has 14 heavy (non-hydrogen) atoms. The number of methoxy groups -OCH3 is 1. The summed E-state index contributed by atoms with van der Waals surface area (Å²) in [6.45, 7) is 2.06. The van der Waals surface area contributed by atoms with E-state index in [0.29, 0.717) is 11.8 Å². The fourth-order valence-electron chi connectivity index (χ4n) is 1.36. The van der Waals surface area contributed by atoms with Crippen molar-refractivity contribution in [3.63, 3.8) is 0 Å². The molecule has 3 heteroatoms. The summed E-state index contributed by atoms with van der Waals surface area (Å²) in [6.07, 6.45) is 0.756. The highest BCUT2D eigenvalue weighted by atomic mass is 16.5. The number of benzene rings is 1. The van der Waals surface area contributed by atoms with Gasteiger partial charge in [0.25, 0.3) is 0 Å². The smallest absolute Gasteiger partial charge is 0.125 e. The minimum atomic E-state index is 0.298. The van der Waals surface area contributed by atoms with E-state index in [-0.39, 0.29) is 0 Å². The molecule has 0 saturated carbocycles. The number of ether oxygens (including phenoxy) is 1. The lowest BCUT2D eigenvalue weighted by molar-refractivity contribution is 0.395. The van der Waals surface area contributed by atoms with Crippen LogP contribution in [0.3, 0.4) is 0 Å². The van der Waals surface area contributed by atoms with Gasteiger partial charge in [-0.15, -0.1) is 0 Å². The van der Waals surface area contributed by atoms with Gasteiger partial charge in [0.1, 0.15) is 11.5 Å². The Morgan fingerprint density at radius 2 is 2.21 bits per heavy atom. The van der Waals surface area contributed by atoms with Crippen LogP contribution in [0.5, 0.6) is 11.5 Å². The third-order valence-corrected chi connectivity index (χ3v) is 2.33. The molecular weight excluding hydrogens is 178 g/mol. The standard InChI is InChI=1S/C11H17NO2/c1-8(12-2)7-9-10(13)5-4-6-11(9)14-3/h4-6,8,12-13H,7H2,1-3H3. The van der Waals surface area contributed by atoms with E-state index >= 15 is 0 Å². The number of phenols is 1. The highest BCUT2D eigenvalue weighted by molar-refractivity contribution is 5.44. The molecule has 1 atom stereocenters. The first kappa shape index (κ1) is 10.9. The molecule has 0 radical (unpaired) electrons. The van der Waals surface area contributed by atoms with Gasteiger partial charge in [-0.2, -0.15) is 0 Å². The summed E-state index contributed by atoms with van der Waals surface area (Å²) < 4.78 is 5.18. The van der Waals surface area contributed by atoms with E-state index in [0.717, 1.165) is 17.7 Å². The normalized spacial score (nSPS) is 12.5. The van der Waals surface area contributed by atoms with E-state index in [2.05, 4.69) is 12.2 Å². The lowest BCUT2D eigenvalue weighted by Crippen LogP contribution is -2.23. The molecule has 0 heterocycles. The van der Waals surface area contributed by atoms with E-state index in [9.17, 15) is 5.11 Å². The fraction of sp³-hybridized carbons (Fsp3) is 0.455. The average Bonchev–Trinajstić information content (AvgIpc) is 2.20. The van der Waals surface area contributed by atoms with Gasteiger partial charge in [-0.1, -0.05) is 6.07 Å². The topological polar surface area (TPSA) is 41.5 Å². The summed E-state index contributed by atoms with van der Waals surface area (Å²) in [6, 6.07) is 5.64. The Morgan fingerprint density at radius 3 is 2.79 bits per heavy atom. The van der Waals surface area contributed by atoms with Crippen LogP contribution in [0.4, 0.5) is 0 Å². The van der Waals surface area contributed by atoms with Crippen molar-refractivity contribution in [1.82, 2.24) is 5.32 Å². The third-order valence-electron chi connectivity index (χ3n) is 2.33. The second kappa shape index (κ2) is 4.86. The van der Waals surface area contributed by atoms with Gasteiger partial charge in [-0.05, 0) is 32.5 Å². The van der Waals surface area contributed by atoms with Crippen LogP contribution in [-0.2, 0) is 6.42 Å². The minimum absolute atomic E-state index is 0.298. The van der Waals surface area contributed by atoms with Crippen LogP contribution in [0.1, 0.15) is 12.5 Å². The monoisotopic (exact) mass is 195 g/mol. The van der Waals surface area contributed by atoms with Gasteiger partial charge in [0.2, 0.25) is 0 Å². The summed E-state index contributed by atoms with van der Waals surface area (Å²) >= 11 is 0. The minimum Gasteiger partial charge on any atom is -0.508 e. The van der Waals surface area contributed by atoms with Crippen molar-refractivity contribution in [3.8, 4) is 11.5 Å². The first-order chi connectivity index (χ1) is 6.69. The second-order valence-corrected chi connectivity index (χ2v) is 3.35. The van der Waals surface area contributed by atoms with Crippen LogP contribution in [0, 0.1) is 0 Å². The zero-order valence-electron chi connectivity index (χ0n) is 8.87. The van der Waals surface area contributed by atoms with Crippen LogP contribution in [0.25, 0.3) is 0 Å². The summed E-state index contributed by atoms with van der Waals surface area (Å²) in [5.41, 5.74) is 0.858. The molecule has 0 aliphatic carbocycles. The van der Waals surface area contributed by atoms with Crippen LogP contribution in [-0.4, -0.2) is 25.3 Å². The molecule has 1 unspecified atom stereocenters. The quantitative estimate of drug-likeness (QED) is 0.766. The number of hydrogen-bond donors (Lipinski definition) is 2. The fourth-order valence-corrected chi connectivity index (χ4v) is 1.36. The van der Waals surface area contributed by atoms with Gasteiger partial charge in [0.05, 0.1) is 7.11 Å². The van der Waals surface area contributed by atoms with Crippen molar-refractivity contribution in [2.45, 2.75) is 19.4 Å². The predicted octanol–water partition coefficient (Wildman–Crippen LogP) is 1.55. The second-order valence-electron chi connectivity index (χ2n) is 3.35. The molecular formula is C11H17NO2. The van der Waals surface area contributed by atoms with Crippen molar-refractivity contribution in [2.75, 3.05) is 14.2 Å². The molecule has 2 N–H and O–H groups in total. The average molecular weight is 195 g/mol. The lowest BCUT2D eigenvalue weighted by atomic mass is 10.1. The number of aromatic hydroxyl groups is 1. The highest BCUT2D eigenvalue weighted by Crippen LogP contribution is 2.28. The Morgan fingerprint density at radius 1 is 1.50 bits per heavy atom. The summed E-state index contributed by atoms with van der Waals surface area (Å²) in [5, 5.41) is 12.8. The molecule has 78 valence electrons. The maximum atomic E-state index is 9.66. The van der Waals surface area contributed by atoms with Crippen molar-refractivity contribution in [2.24, 2.45) is 0 Å². The molecule has 0 bridgehead atoms. The number of phenolic OH excluding ortho intramolecular Hbond substituents is 1. The Bertz CT molecular complexity index is 299. The third kappa shape index (κ3) is 2.39. The number of nitrogens with one attached hydrogen (secondary N) is 1. The molecule has 0 aliphatic rings. The maximum Gasteiger partial charge on any atom is 0.125 e. The van der Waals surface area contributed by atoms with Crippen LogP contribution >= 0.6 is 0 Å². The van der Waals surface area contributed by atoms with Crippen molar-refractivity contribution >= 4 is 0 Å². The van der Waals surface area contributed by atoms with Crippen molar-refractivity contribution in [1.29, 1.82) is 0 Å². The largest absolute Gasteiger partial charge is 0.508 e. The van der Waals surface area contributed by atoms with Gasteiger partial charge in [0, 0.05) is 11.6 Å². The first-order valence-electron chi connectivity index (χ1n) is 4.71. The molecule has 0 aliphatic heterocycles. The predicted molar refractivity (Wildman–Crippen MR) is 56.9 cm³/mol. The van der Waals surface area contributed by atoms with Crippen molar-refractivity contribution in [3.05, 3.63) is 23.8 Å². The molecule has 0 amide bonds. The highest BCUT2D eigenvalue weighted by Gasteiger charge is 2.10. The summed E-state index contributed by atoms with van der Waals surface area (Å²) in [4.78, 5) is 0. The molecule has 0 aromatic heterocycles. The summed E-state index contributed by atoms with van der Waals surface area (Å²) in [5.74, 6) is 1.04. The molecule has 1 aromatic rings. The van der Waals surface area contributed by atoms with Gasteiger partial charge < -0.3 is 15.2 Å². The first-order valence-corrected chi connectivity index (χ1v) is 4.71. The molecule has 1 aromatic carbocycles. The lowest BCUT2D eigenvalue weighted by Gasteiger charge is -2.14. The Kier molecular flexibility index (Phi) is 3.77. The van der Waals surface area contributed by atoms with Gasteiger partial charge >= 0.3 is 0 Å². The van der Waals surface area contributed by atoms with E-state index in [4.69, 9.17) is 4.74 Å². The maximum absolute atomic E-state index is 9.66. The van der Waals surface area contributed by atoms with E-state index in [1.807, 2.05) is 13.1 Å². The number of likely N-dealkylation sites (N-methyl/N-ethyl adjacent to an activating group) is 1. The van der Waals surface area contributed by atoms with Crippen LogP contribution in [0.2, 0.25) is 0 Å². The summed E-state index contributed by atoms with van der Waals surface area (Å²) in [7, 11) is 3.51. The van der Waals surface area contributed by atoms with Crippen LogP contribution in [0.15, 0.2) is 18.2 Å². The van der Waals surface area contributed by atoms with Gasteiger partial charge in [-0.3, -0.25) is 0 Å². The van der Waals surface area contributed by atoms with Crippen molar-refractivity contribution < 1.29 is 9.84 Å². The molecule has 0 spiro atoms. The van der Waals surface area contributed by atoms with Crippen LogP contribution < -0.4 is 10.1 Å². The number of hydrogen-bond acceptors (Lipinski definition) is 3. The van der Waals surface area contributed by atoms with E-state index < -0.39 is 0 Å².